The van der Waals surface area contributed by atoms with E-state index >= 15 is 0 Å². The molecule has 0 heterocycles. The van der Waals surface area contributed by atoms with Gasteiger partial charge in [0.05, 0.1) is 0 Å². The van der Waals surface area contributed by atoms with Crippen molar-refractivity contribution in [2.75, 3.05) is 13.2 Å². The maximum absolute atomic E-state index is 13.3. The van der Waals surface area contributed by atoms with Gasteiger partial charge in [-0.15, -0.1) is 0 Å². The number of hydrogen-bond acceptors (Lipinski definition) is 7. The molecule has 3 aromatic carbocycles. The van der Waals surface area contributed by atoms with Crippen molar-refractivity contribution < 1.29 is 59.8 Å². The zero-order valence-electron chi connectivity index (χ0n) is 67.9. The SMILES string of the molecule is CC(C)(C)CC(CCc1cc(F)cc(F)c1)C(=O)NC(C)(C)C.CC(C)(C)NC(=O)C(CCc1cc(F)cc(F)c1)C(C)(C)C.CC(C)C(CCc1cc(F)cc(F)c1)C(=O)NC(C)(C)C.CCCOC(CC(C)(C)C)C(=O)NC(C)(C)C.CCCOC(CC1CCCC1)C(=O)NC(C)(C)C. The van der Waals surface area contributed by atoms with Gasteiger partial charge in [0.1, 0.15) is 47.1 Å². The maximum atomic E-state index is 13.3. The summed E-state index contributed by atoms with van der Waals surface area (Å²) in [7, 11) is 0. The lowest BCUT2D eigenvalue weighted by Crippen LogP contribution is -2.47. The van der Waals surface area contributed by atoms with Crippen molar-refractivity contribution in [1.29, 1.82) is 0 Å². The third-order valence-electron chi connectivity index (χ3n) is 15.7. The van der Waals surface area contributed by atoms with Crippen LogP contribution >= 0.6 is 0 Å². The first-order chi connectivity index (χ1) is 45.8. The normalized spacial score (nSPS) is 14.7. The lowest BCUT2D eigenvalue weighted by Gasteiger charge is -2.33. The monoisotopic (exact) mass is 1430 g/mol. The fraction of sp³-hybridized carbons (Fsp3) is 0.723. The van der Waals surface area contributed by atoms with Crippen molar-refractivity contribution in [2.45, 2.75) is 330 Å². The zero-order valence-corrected chi connectivity index (χ0v) is 67.9. The Kier molecular flexibility index (Phi) is 40.7. The minimum Gasteiger partial charge on any atom is -0.368 e. The minimum absolute atomic E-state index is 0.000810. The number of aryl methyl sites for hydroxylation is 3. The molecule has 5 unspecified atom stereocenters. The second-order valence-corrected chi connectivity index (χ2v) is 36.7. The summed E-state index contributed by atoms with van der Waals surface area (Å²) < 4.78 is 90.8. The molecule has 1 fully saturated rings. The summed E-state index contributed by atoms with van der Waals surface area (Å²) in [6.07, 6.45) is 11.9. The fourth-order valence-corrected chi connectivity index (χ4v) is 11.4. The van der Waals surface area contributed by atoms with E-state index in [9.17, 15) is 50.3 Å². The number of nitrogens with one attached hydrogen (secondary N) is 5. The highest BCUT2D eigenvalue weighted by molar-refractivity contribution is 5.82. The molecule has 0 spiro atoms. The molecule has 580 valence electrons. The highest BCUT2D eigenvalue weighted by atomic mass is 19.2. The molecule has 18 heteroatoms. The molecular formula is C83H139F6N5O7. The number of rotatable bonds is 25. The summed E-state index contributed by atoms with van der Waals surface area (Å²) >= 11 is 0. The lowest BCUT2D eigenvalue weighted by molar-refractivity contribution is -0.136. The van der Waals surface area contributed by atoms with Gasteiger partial charge in [-0.1, -0.05) is 116 Å². The fourth-order valence-electron chi connectivity index (χ4n) is 11.4. The van der Waals surface area contributed by atoms with E-state index in [0.29, 0.717) is 74.3 Å². The quantitative estimate of drug-likeness (QED) is 0.0527. The van der Waals surface area contributed by atoms with Gasteiger partial charge in [0.15, 0.2) is 0 Å². The average molecular weight is 1430 g/mol. The second-order valence-electron chi connectivity index (χ2n) is 36.7. The number of carbonyl (C=O) groups is 5. The van der Waals surface area contributed by atoms with Crippen LogP contribution in [-0.4, -0.2) is 82.7 Å². The van der Waals surface area contributed by atoms with Crippen LogP contribution < -0.4 is 26.6 Å². The zero-order chi connectivity index (χ0) is 78.5. The third kappa shape index (κ3) is 48.2. The van der Waals surface area contributed by atoms with Crippen LogP contribution in [0.5, 0.6) is 0 Å². The molecule has 101 heavy (non-hydrogen) atoms. The Morgan fingerprint density at radius 3 is 1.04 bits per heavy atom. The Hall–Kier alpha value is -5.49. The largest absolute Gasteiger partial charge is 0.368 e. The standard InChI is InChI=1S/C19H29F2NO.C18H27F2NO.C17H25F2NO.C15H29NO2.C14H29NO2/c1-18(2,3)12-14(17(23)22-19(4,5)6)8-7-13-9-15(20)11-16(21)10-13;1-17(2,3)15(16(22)21-18(4,5)6)8-7-12-9-13(19)11-14(20)10-12;1-11(2)15(16(21)20-17(3,4)5)7-6-12-8-13(18)10-14(19)9-12;1-5-10-18-13(11-12-8-6-7-9-12)14(17)16-15(2,3)4;1-8-9-17-11(10-13(2,3)4)12(16)15-14(5,6)7/h9-11,14H,7-8,12H2,1-6H3,(H,22,23);9-11,15H,7-8H2,1-6H3,(H,21,22);8-11,15H,6-7H2,1-5H3,(H,20,21);12-13H,5-11H2,1-4H3,(H,16,17);11H,8-10H2,1-7H3,(H,15,16). The van der Waals surface area contributed by atoms with Crippen LogP contribution in [0.3, 0.4) is 0 Å². The van der Waals surface area contributed by atoms with E-state index in [4.69, 9.17) is 9.47 Å². The Labute approximate surface area is 608 Å². The van der Waals surface area contributed by atoms with Crippen molar-refractivity contribution in [3.63, 3.8) is 0 Å². The van der Waals surface area contributed by atoms with Gasteiger partial charge in [-0.2, -0.15) is 0 Å². The molecule has 0 aromatic heterocycles. The van der Waals surface area contributed by atoms with E-state index in [0.717, 1.165) is 50.3 Å². The first kappa shape index (κ1) is 95.5. The van der Waals surface area contributed by atoms with Crippen LogP contribution in [0.1, 0.15) is 288 Å². The summed E-state index contributed by atoms with van der Waals surface area (Å²) in [4.78, 5) is 61.7. The number of ether oxygens (including phenoxy) is 2. The van der Waals surface area contributed by atoms with Gasteiger partial charge in [-0.3, -0.25) is 24.0 Å². The van der Waals surface area contributed by atoms with Gasteiger partial charge >= 0.3 is 0 Å². The minimum atomic E-state index is -0.582. The third-order valence-corrected chi connectivity index (χ3v) is 15.7. The Balaban J connectivity index is 0.00000124. The van der Waals surface area contributed by atoms with E-state index < -0.39 is 34.9 Å². The Morgan fingerprint density at radius 1 is 0.406 bits per heavy atom. The number of halogens is 6. The summed E-state index contributed by atoms with van der Waals surface area (Å²) in [6, 6.07) is 10.5. The van der Waals surface area contributed by atoms with Crippen LogP contribution in [0.2, 0.25) is 0 Å². The van der Waals surface area contributed by atoms with Crippen molar-refractivity contribution in [1.82, 2.24) is 26.6 Å². The summed E-state index contributed by atoms with van der Waals surface area (Å²) in [6.45, 7) is 57.5. The van der Waals surface area contributed by atoms with Crippen LogP contribution in [-0.2, 0) is 52.7 Å². The number of amides is 5. The highest BCUT2D eigenvalue weighted by Gasteiger charge is 2.34. The predicted octanol–water partition coefficient (Wildman–Crippen LogP) is 19.8. The number of carbonyl (C=O) groups excluding carboxylic acids is 5. The lowest BCUT2D eigenvalue weighted by atomic mass is 9.76. The van der Waals surface area contributed by atoms with Gasteiger partial charge in [0, 0.05) is 76.9 Å². The van der Waals surface area contributed by atoms with Crippen molar-refractivity contribution >= 4 is 29.5 Å². The topological polar surface area (TPSA) is 164 Å². The predicted molar refractivity (Wildman–Crippen MR) is 403 cm³/mol. The van der Waals surface area contributed by atoms with Crippen LogP contribution in [0.25, 0.3) is 0 Å². The van der Waals surface area contributed by atoms with E-state index in [1.54, 1.807) is 0 Å². The second kappa shape index (κ2) is 43.1. The first-order valence-electron chi connectivity index (χ1n) is 37.0. The molecule has 0 saturated heterocycles. The summed E-state index contributed by atoms with van der Waals surface area (Å²) in [5.74, 6) is -3.16. The highest BCUT2D eigenvalue weighted by Crippen LogP contribution is 2.33. The van der Waals surface area contributed by atoms with Gasteiger partial charge in [-0.25, -0.2) is 26.3 Å². The first-order valence-corrected chi connectivity index (χ1v) is 37.0. The van der Waals surface area contributed by atoms with Gasteiger partial charge in [0.25, 0.3) is 0 Å². The Bertz CT molecular complexity index is 2890. The van der Waals surface area contributed by atoms with E-state index in [2.05, 4.69) is 82.0 Å². The molecule has 5 amide bonds. The van der Waals surface area contributed by atoms with Crippen LogP contribution in [0, 0.1) is 80.7 Å². The van der Waals surface area contributed by atoms with E-state index in [1.807, 2.05) is 138 Å². The van der Waals surface area contributed by atoms with Gasteiger partial charge < -0.3 is 36.1 Å². The van der Waals surface area contributed by atoms with Crippen LogP contribution in [0.4, 0.5) is 26.3 Å². The van der Waals surface area contributed by atoms with Gasteiger partial charge in [-0.05, 0) is 256 Å². The number of benzene rings is 3. The molecule has 0 aliphatic heterocycles. The molecule has 4 rings (SSSR count). The molecule has 1 aliphatic rings. The molecule has 1 aliphatic carbocycles. The summed E-state index contributed by atoms with van der Waals surface area (Å²) in [5, 5.41) is 15.0. The van der Waals surface area contributed by atoms with Crippen molar-refractivity contribution in [3.05, 3.63) is 106 Å². The molecular weight excluding hydrogens is 1290 g/mol. The summed E-state index contributed by atoms with van der Waals surface area (Å²) in [5.41, 5.74) is 0.367. The molecule has 1 saturated carbocycles. The molecule has 12 nitrogen and oxygen atoms in total. The molecule has 0 radical (unpaired) electrons. The van der Waals surface area contributed by atoms with E-state index in [1.165, 1.54) is 62.1 Å². The molecule has 5 N–H and O–H groups in total. The Morgan fingerprint density at radius 2 is 0.713 bits per heavy atom. The molecule has 3 aromatic rings. The average Bonchev–Trinajstić information content (AvgIpc) is 1.18. The maximum Gasteiger partial charge on any atom is 0.249 e. The van der Waals surface area contributed by atoms with Crippen LogP contribution in [0.15, 0.2) is 54.6 Å². The van der Waals surface area contributed by atoms with Crippen molar-refractivity contribution in [3.8, 4) is 0 Å². The molecule has 0 bridgehead atoms. The van der Waals surface area contributed by atoms with Crippen molar-refractivity contribution in [2.24, 2.45) is 45.8 Å². The molecule has 5 atom stereocenters. The van der Waals surface area contributed by atoms with E-state index in [-0.39, 0.29) is 109 Å². The smallest absolute Gasteiger partial charge is 0.249 e. The van der Waals surface area contributed by atoms with Gasteiger partial charge in [0.2, 0.25) is 29.5 Å². The number of hydrogen-bond donors (Lipinski definition) is 5.